The average Bonchev–Trinajstić information content (AvgIpc) is 2.28. The largest absolute Gasteiger partial charge is 0.491 e. The fraction of sp³-hybridized carbons (Fsp3) is 0.600. The second-order valence-electron chi connectivity index (χ2n) is 4.93. The minimum absolute atomic E-state index is 0.233. The third-order valence-corrected chi connectivity index (χ3v) is 2.90. The molecule has 0 unspecified atom stereocenters. The number of hydrogen-bond donors (Lipinski definition) is 1. The standard InChI is InChI=1S/C15H25NO/c1-6-12(4)16-13(5)14-7-9-15(10-8-14)17-11(2)3/h7-13,16H,6H2,1-5H3/t12-,13+/m1/s1. The first-order valence-electron chi connectivity index (χ1n) is 6.55. The molecule has 0 aromatic heterocycles. The van der Waals surface area contributed by atoms with Crippen molar-refractivity contribution in [1.29, 1.82) is 0 Å². The molecule has 2 heteroatoms. The molecule has 0 aliphatic rings. The summed E-state index contributed by atoms with van der Waals surface area (Å²) in [6.45, 7) is 10.7. The van der Waals surface area contributed by atoms with Gasteiger partial charge in [0.25, 0.3) is 0 Å². The minimum Gasteiger partial charge on any atom is -0.491 e. The van der Waals surface area contributed by atoms with Crippen LogP contribution in [0.1, 0.15) is 52.6 Å². The van der Waals surface area contributed by atoms with Crippen molar-refractivity contribution in [2.75, 3.05) is 0 Å². The molecule has 1 rings (SSSR count). The molecule has 0 saturated carbocycles. The van der Waals surface area contributed by atoms with Crippen LogP contribution in [0.3, 0.4) is 0 Å². The van der Waals surface area contributed by atoms with Gasteiger partial charge in [-0.05, 0) is 51.8 Å². The van der Waals surface area contributed by atoms with Crippen LogP contribution < -0.4 is 10.1 Å². The molecule has 0 amide bonds. The van der Waals surface area contributed by atoms with Crippen LogP contribution in [-0.2, 0) is 0 Å². The van der Waals surface area contributed by atoms with Gasteiger partial charge in [0.2, 0.25) is 0 Å². The number of ether oxygens (including phenoxy) is 1. The minimum atomic E-state index is 0.233. The van der Waals surface area contributed by atoms with Gasteiger partial charge in [-0.15, -0.1) is 0 Å². The van der Waals surface area contributed by atoms with Crippen molar-refractivity contribution in [2.24, 2.45) is 0 Å². The Hall–Kier alpha value is -1.02. The van der Waals surface area contributed by atoms with Gasteiger partial charge in [-0.2, -0.15) is 0 Å². The van der Waals surface area contributed by atoms with Crippen molar-refractivity contribution < 1.29 is 4.74 Å². The lowest BCUT2D eigenvalue weighted by molar-refractivity contribution is 0.242. The fourth-order valence-corrected chi connectivity index (χ4v) is 1.75. The summed E-state index contributed by atoms with van der Waals surface area (Å²) in [6, 6.07) is 9.30. The molecule has 0 saturated heterocycles. The highest BCUT2D eigenvalue weighted by atomic mass is 16.5. The number of rotatable bonds is 6. The second kappa shape index (κ2) is 6.65. The molecule has 0 aliphatic carbocycles. The summed E-state index contributed by atoms with van der Waals surface area (Å²) >= 11 is 0. The fourth-order valence-electron chi connectivity index (χ4n) is 1.75. The smallest absolute Gasteiger partial charge is 0.119 e. The average molecular weight is 235 g/mol. The van der Waals surface area contributed by atoms with E-state index >= 15 is 0 Å². The highest BCUT2D eigenvalue weighted by Crippen LogP contribution is 2.19. The molecule has 96 valence electrons. The van der Waals surface area contributed by atoms with Gasteiger partial charge in [-0.1, -0.05) is 19.1 Å². The van der Waals surface area contributed by atoms with Crippen LogP contribution in [0.2, 0.25) is 0 Å². The van der Waals surface area contributed by atoms with Crippen molar-refractivity contribution >= 4 is 0 Å². The Morgan fingerprint density at radius 3 is 2.12 bits per heavy atom. The number of hydrogen-bond acceptors (Lipinski definition) is 2. The SMILES string of the molecule is CC[C@@H](C)N[C@@H](C)c1ccc(OC(C)C)cc1. The Morgan fingerprint density at radius 1 is 1.06 bits per heavy atom. The molecule has 0 spiro atoms. The molecule has 0 radical (unpaired) electrons. The highest BCUT2D eigenvalue weighted by Gasteiger charge is 2.08. The lowest BCUT2D eigenvalue weighted by Crippen LogP contribution is -2.28. The quantitative estimate of drug-likeness (QED) is 0.807. The maximum Gasteiger partial charge on any atom is 0.119 e. The van der Waals surface area contributed by atoms with E-state index in [2.05, 4.69) is 38.2 Å². The number of nitrogens with one attached hydrogen (secondary N) is 1. The van der Waals surface area contributed by atoms with Crippen molar-refractivity contribution in [3.8, 4) is 5.75 Å². The first kappa shape index (κ1) is 14.0. The summed E-state index contributed by atoms with van der Waals surface area (Å²) in [5.41, 5.74) is 1.31. The molecular weight excluding hydrogens is 210 g/mol. The van der Waals surface area contributed by atoms with Crippen LogP contribution in [-0.4, -0.2) is 12.1 Å². The normalized spacial score (nSPS) is 14.7. The van der Waals surface area contributed by atoms with E-state index < -0.39 is 0 Å². The van der Waals surface area contributed by atoms with Crippen LogP contribution >= 0.6 is 0 Å². The molecular formula is C15H25NO. The lowest BCUT2D eigenvalue weighted by Gasteiger charge is -2.19. The predicted molar refractivity (Wildman–Crippen MR) is 73.5 cm³/mol. The summed E-state index contributed by atoms with van der Waals surface area (Å²) in [7, 11) is 0. The maximum atomic E-state index is 5.63. The van der Waals surface area contributed by atoms with Gasteiger partial charge in [0, 0.05) is 12.1 Å². The van der Waals surface area contributed by atoms with E-state index in [0.29, 0.717) is 12.1 Å². The van der Waals surface area contributed by atoms with Crippen LogP contribution in [0.5, 0.6) is 5.75 Å². The van der Waals surface area contributed by atoms with Crippen LogP contribution in [0.25, 0.3) is 0 Å². The summed E-state index contributed by atoms with van der Waals surface area (Å²) in [4.78, 5) is 0. The van der Waals surface area contributed by atoms with Gasteiger partial charge in [-0.3, -0.25) is 0 Å². The maximum absolute atomic E-state index is 5.63. The Bertz CT molecular complexity index is 318. The topological polar surface area (TPSA) is 21.3 Å². The van der Waals surface area contributed by atoms with Crippen molar-refractivity contribution in [1.82, 2.24) is 5.32 Å². The Kier molecular flexibility index (Phi) is 5.49. The molecule has 0 aliphatic heterocycles. The predicted octanol–water partition coefficient (Wildman–Crippen LogP) is 3.92. The first-order chi connectivity index (χ1) is 8.02. The molecule has 1 N–H and O–H groups in total. The van der Waals surface area contributed by atoms with Gasteiger partial charge >= 0.3 is 0 Å². The Balaban J connectivity index is 2.60. The van der Waals surface area contributed by atoms with E-state index in [9.17, 15) is 0 Å². The van der Waals surface area contributed by atoms with E-state index in [1.165, 1.54) is 5.56 Å². The van der Waals surface area contributed by atoms with E-state index in [0.717, 1.165) is 12.2 Å². The van der Waals surface area contributed by atoms with Crippen molar-refractivity contribution in [3.05, 3.63) is 29.8 Å². The highest BCUT2D eigenvalue weighted by molar-refractivity contribution is 5.29. The Morgan fingerprint density at radius 2 is 1.65 bits per heavy atom. The Labute approximate surface area is 105 Å². The molecule has 0 fully saturated rings. The summed E-state index contributed by atoms with van der Waals surface area (Å²) in [6.07, 6.45) is 1.38. The molecule has 0 bridgehead atoms. The summed E-state index contributed by atoms with van der Waals surface area (Å²) in [5.74, 6) is 0.944. The molecule has 2 nitrogen and oxygen atoms in total. The van der Waals surface area contributed by atoms with Crippen LogP contribution in [0.15, 0.2) is 24.3 Å². The number of benzene rings is 1. The van der Waals surface area contributed by atoms with Crippen LogP contribution in [0, 0.1) is 0 Å². The van der Waals surface area contributed by atoms with E-state index in [-0.39, 0.29) is 6.10 Å². The monoisotopic (exact) mass is 235 g/mol. The van der Waals surface area contributed by atoms with E-state index in [4.69, 9.17) is 4.74 Å². The van der Waals surface area contributed by atoms with Gasteiger partial charge in [0.05, 0.1) is 6.10 Å². The van der Waals surface area contributed by atoms with Crippen LogP contribution in [0.4, 0.5) is 0 Å². The molecule has 1 aromatic rings. The van der Waals surface area contributed by atoms with Gasteiger partial charge in [-0.25, -0.2) is 0 Å². The van der Waals surface area contributed by atoms with Gasteiger partial charge < -0.3 is 10.1 Å². The van der Waals surface area contributed by atoms with Gasteiger partial charge in [0.15, 0.2) is 0 Å². The third-order valence-electron chi connectivity index (χ3n) is 2.90. The summed E-state index contributed by atoms with van der Waals surface area (Å²) in [5, 5.41) is 3.57. The van der Waals surface area contributed by atoms with Crippen molar-refractivity contribution in [3.63, 3.8) is 0 Å². The van der Waals surface area contributed by atoms with E-state index in [1.54, 1.807) is 0 Å². The third kappa shape index (κ3) is 4.78. The lowest BCUT2D eigenvalue weighted by atomic mass is 10.1. The first-order valence-corrected chi connectivity index (χ1v) is 6.55. The zero-order valence-electron chi connectivity index (χ0n) is 11.7. The zero-order valence-corrected chi connectivity index (χ0v) is 11.7. The molecule has 1 aromatic carbocycles. The van der Waals surface area contributed by atoms with E-state index in [1.807, 2.05) is 26.0 Å². The molecule has 0 heterocycles. The molecule has 17 heavy (non-hydrogen) atoms. The van der Waals surface area contributed by atoms with Gasteiger partial charge in [0.1, 0.15) is 5.75 Å². The van der Waals surface area contributed by atoms with Crippen molar-refractivity contribution in [2.45, 2.75) is 59.2 Å². The zero-order chi connectivity index (χ0) is 12.8. The second-order valence-corrected chi connectivity index (χ2v) is 4.93. The summed E-state index contributed by atoms with van der Waals surface area (Å²) < 4.78 is 5.63. The molecule has 2 atom stereocenters.